The van der Waals surface area contributed by atoms with Crippen molar-refractivity contribution in [1.29, 1.82) is 0 Å². The summed E-state index contributed by atoms with van der Waals surface area (Å²) in [6.45, 7) is -0.0872. The molecule has 0 unspecified atom stereocenters. The minimum Gasteiger partial charge on any atom is -0.454 e. The SMILES string of the molecule is CN(C(=O)CSc1ccccc1C(=O)OCc1noc(-c2cccs2)n1)C1CCCCC1. The third kappa shape index (κ3) is 5.58. The normalized spacial score (nSPS) is 14.3. The summed E-state index contributed by atoms with van der Waals surface area (Å²) in [6, 6.07) is 11.3. The van der Waals surface area contributed by atoms with Crippen LogP contribution in [0.25, 0.3) is 10.8 Å². The first-order valence-electron chi connectivity index (χ1n) is 10.6. The number of thiophene rings is 1. The average molecular weight is 472 g/mol. The molecule has 3 aromatic rings. The molecule has 9 heteroatoms. The van der Waals surface area contributed by atoms with Crippen molar-refractivity contribution in [2.24, 2.45) is 0 Å². The van der Waals surface area contributed by atoms with Gasteiger partial charge in [-0.05, 0) is 36.4 Å². The molecule has 0 saturated heterocycles. The lowest BCUT2D eigenvalue weighted by molar-refractivity contribution is -0.129. The lowest BCUT2D eigenvalue weighted by Crippen LogP contribution is -2.39. The molecule has 0 aliphatic heterocycles. The van der Waals surface area contributed by atoms with Crippen LogP contribution in [0.15, 0.2) is 51.2 Å². The Morgan fingerprint density at radius 1 is 1.19 bits per heavy atom. The number of esters is 1. The third-order valence-electron chi connectivity index (χ3n) is 5.51. The van der Waals surface area contributed by atoms with E-state index in [2.05, 4.69) is 10.1 Å². The van der Waals surface area contributed by atoms with Crippen LogP contribution in [-0.4, -0.2) is 45.8 Å². The van der Waals surface area contributed by atoms with Crippen LogP contribution in [-0.2, 0) is 16.1 Å². The monoisotopic (exact) mass is 471 g/mol. The van der Waals surface area contributed by atoms with Crippen molar-refractivity contribution in [3.8, 4) is 10.8 Å². The van der Waals surface area contributed by atoms with Gasteiger partial charge in [0, 0.05) is 18.0 Å². The maximum absolute atomic E-state index is 12.7. The van der Waals surface area contributed by atoms with Gasteiger partial charge in [0.2, 0.25) is 11.7 Å². The molecule has 1 aliphatic carbocycles. The third-order valence-corrected chi connectivity index (χ3v) is 7.42. The van der Waals surface area contributed by atoms with Gasteiger partial charge in [0.05, 0.1) is 16.2 Å². The van der Waals surface area contributed by atoms with E-state index in [1.165, 1.54) is 42.4 Å². The fraction of sp³-hybridized carbons (Fsp3) is 0.391. The molecule has 168 valence electrons. The lowest BCUT2D eigenvalue weighted by Gasteiger charge is -2.31. The first-order valence-corrected chi connectivity index (χ1v) is 12.5. The highest BCUT2D eigenvalue weighted by molar-refractivity contribution is 8.00. The first kappa shape index (κ1) is 22.5. The predicted molar refractivity (Wildman–Crippen MR) is 124 cm³/mol. The van der Waals surface area contributed by atoms with Crippen LogP contribution in [0.3, 0.4) is 0 Å². The Morgan fingerprint density at radius 2 is 2.00 bits per heavy atom. The molecular formula is C23H25N3O4S2. The van der Waals surface area contributed by atoms with Gasteiger partial charge in [0.25, 0.3) is 5.89 Å². The van der Waals surface area contributed by atoms with Crippen LogP contribution >= 0.6 is 23.1 Å². The predicted octanol–water partition coefficient (Wildman–Crippen LogP) is 5.04. The molecule has 32 heavy (non-hydrogen) atoms. The van der Waals surface area contributed by atoms with E-state index < -0.39 is 5.97 Å². The number of ether oxygens (including phenoxy) is 1. The van der Waals surface area contributed by atoms with Crippen LogP contribution in [0.5, 0.6) is 0 Å². The molecular weight excluding hydrogens is 446 g/mol. The molecule has 0 atom stereocenters. The van der Waals surface area contributed by atoms with Gasteiger partial charge in [0.1, 0.15) is 0 Å². The molecule has 0 spiro atoms. The quantitative estimate of drug-likeness (QED) is 0.336. The number of thioether (sulfide) groups is 1. The summed E-state index contributed by atoms with van der Waals surface area (Å²) in [5.41, 5.74) is 0.424. The van der Waals surface area contributed by atoms with Gasteiger partial charge in [-0.25, -0.2) is 4.79 Å². The molecule has 4 rings (SSSR count). The number of hydrogen-bond donors (Lipinski definition) is 0. The second-order valence-electron chi connectivity index (χ2n) is 7.65. The summed E-state index contributed by atoms with van der Waals surface area (Å²) in [7, 11) is 1.88. The van der Waals surface area contributed by atoms with E-state index in [1.807, 2.05) is 41.6 Å². The molecule has 2 heterocycles. The lowest BCUT2D eigenvalue weighted by atomic mass is 9.94. The number of benzene rings is 1. The Bertz CT molecular complexity index is 1050. The average Bonchev–Trinajstić information content (AvgIpc) is 3.53. The van der Waals surface area contributed by atoms with Crippen LogP contribution in [0, 0.1) is 0 Å². The highest BCUT2D eigenvalue weighted by atomic mass is 32.2. The van der Waals surface area contributed by atoms with Gasteiger partial charge < -0.3 is 14.2 Å². The van der Waals surface area contributed by atoms with E-state index >= 15 is 0 Å². The van der Waals surface area contributed by atoms with Gasteiger partial charge in [-0.2, -0.15) is 4.98 Å². The number of nitrogens with zero attached hydrogens (tertiary/aromatic N) is 3. The van der Waals surface area contributed by atoms with Crippen molar-refractivity contribution >= 4 is 35.0 Å². The molecule has 1 amide bonds. The number of amides is 1. The van der Waals surface area contributed by atoms with E-state index in [0.29, 0.717) is 23.3 Å². The summed E-state index contributed by atoms with van der Waals surface area (Å²) < 4.78 is 10.6. The van der Waals surface area contributed by atoms with E-state index in [1.54, 1.807) is 12.1 Å². The number of carbonyl (C=O) groups excluding carboxylic acids is 2. The zero-order valence-corrected chi connectivity index (χ0v) is 19.5. The first-order chi connectivity index (χ1) is 15.6. The fourth-order valence-corrected chi connectivity index (χ4v) is 5.30. The minimum absolute atomic E-state index is 0.0815. The van der Waals surface area contributed by atoms with Crippen molar-refractivity contribution in [2.75, 3.05) is 12.8 Å². The molecule has 0 N–H and O–H groups in total. The molecule has 1 aromatic carbocycles. The van der Waals surface area contributed by atoms with Crippen molar-refractivity contribution < 1.29 is 18.8 Å². The number of hydrogen-bond acceptors (Lipinski definition) is 8. The van der Waals surface area contributed by atoms with Gasteiger partial charge in [-0.1, -0.05) is 42.6 Å². The highest BCUT2D eigenvalue weighted by Gasteiger charge is 2.23. The van der Waals surface area contributed by atoms with Crippen molar-refractivity contribution in [3.05, 3.63) is 53.2 Å². The van der Waals surface area contributed by atoms with E-state index in [9.17, 15) is 9.59 Å². The largest absolute Gasteiger partial charge is 0.454 e. The Hall–Kier alpha value is -2.65. The second-order valence-corrected chi connectivity index (χ2v) is 9.62. The van der Waals surface area contributed by atoms with E-state index in [-0.39, 0.29) is 18.3 Å². The maximum atomic E-state index is 12.7. The summed E-state index contributed by atoms with van der Waals surface area (Å²) >= 11 is 2.85. The molecule has 7 nitrogen and oxygen atoms in total. The van der Waals surface area contributed by atoms with Crippen LogP contribution < -0.4 is 0 Å². The second kappa shape index (κ2) is 10.8. The summed E-state index contributed by atoms with van der Waals surface area (Å²) in [6.07, 6.45) is 5.75. The van der Waals surface area contributed by atoms with E-state index in [0.717, 1.165) is 22.6 Å². The zero-order chi connectivity index (χ0) is 22.3. The molecule has 0 radical (unpaired) electrons. The number of aromatic nitrogens is 2. The summed E-state index contributed by atoms with van der Waals surface area (Å²) in [5, 5.41) is 5.79. The van der Waals surface area contributed by atoms with Crippen LogP contribution in [0.4, 0.5) is 0 Å². The van der Waals surface area contributed by atoms with Gasteiger partial charge in [0.15, 0.2) is 6.61 Å². The van der Waals surface area contributed by atoms with Crippen molar-refractivity contribution in [2.45, 2.75) is 49.6 Å². The fourth-order valence-electron chi connectivity index (χ4n) is 3.70. The maximum Gasteiger partial charge on any atom is 0.339 e. The number of carbonyl (C=O) groups is 2. The molecule has 1 saturated carbocycles. The van der Waals surface area contributed by atoms with E-state index in [4.69, 9.17) is 9.26 Å². The molecule has 1 fully saturated rings. The smallest absolute Gasteiger partial charge is 0.339 e. The molecule has 0 bridgehead atoms. The summed E-state index contributed by atoms with van der Waals surface area (Å²) in [4.78, 5) is 33.1. The Labute approximate surface area is 195 Å². The van der Waals surface area contributed by atoms with Gasteiger partial charge in [-0.3, -0.25) is 4.79 Å². The van der Waals surface area contributed by atoms with Crippen LogP contribution in [0.1, 0.15) is 48.3 Å². The standard InChI is InChI=1S/C23H25N3O4S2/c1-26(16-8-3-2-4-9-16)21(27)15-32-18-11-6-5-10-17(18)23(28)29-14-20-24-22(30-25-20)19-12-7-13-31-19/h5-7,10-13,16H,2-4,8-9,14-15H2,1H3. The molecule has 1 aliphatic rings. The van der Waals surface area contributed by atoms with Gasteiger partial charge >= 0.3 is 5.97 Å². The summed E-state index contributed by atoms with van der Waals surface area (Å²) in [5.74, 6) is 0.590. The van der Waals surface area contributed by atoms with Crippen LogP contribution in [0.2, 0.25) is 0 Å². The van der Waals surface area contributed by atoms with Crippen molar-refractivity contribution in [3.63, 3.8) is 0 Å². The topological polar surface area (TPSA) is 85.5 Å². The Balaban J connectivity index is 1.33. The Kier molecular flexibility index (Phi) is 7.59. The minimum atomic E-state index is -0.483. The Morgan fingerprint density at radius 3 is 2.78 bits per heavy atom. The van der Waals surface area contributed by atoms with Gasteiger partial charge in [-0.15, -0.1) is 23.1 Å². The van der Waals surface area contributed by atoms with Crippen molar-refractivity contribution in [1.82, 2.24) is 15.0 Å². The number of rotatable bonds is 8. The highest BCUT2D eigenvalue weighted by Crippen LogP contribution is 2.27. The molecule has 2 aromatic heterocycles. The zero-order valence-electron chi connectivity index (χ0n) is 17.9.